The predicted molar refractivity (Wildman–Crippen MR) is 114 cm³/mol. The maximum atomic E-state index is 5.94. The zero-order chi connectivity index (χ0) is 19.2. The average molecular weight is 388 g/mol. The number of halogens is 1. The molecule has 3 nitrogen and oxygen atoms in total. The van der Waals surface area contributed by atoms with Gasteiger partial charge >= 0.3 is 0 Å². The van der Waals surface area contributed by atoms with E-state index in [1.165, 1.54) is 25.9 Å². The number of likely N-dealkylation sites (tertiary alicyclic amines) is 1. The Balaban J connectivity index is 1.37. The minimum absolute atomic E-state index is 0.731. The van der Waals surface area contributed by atoms with E-state index in [-0.39, 0.29) is 0 Å². The van der Waals surface area contributed by atoms with Gasteiger partial charge in [-0.2, -0.15) is 0 Å². The number of rotatable bonds is 4. The highest BCUT2D eigenvalue weighted by Gasteiger charge is 2.10. The Morgan fingerprint density at radius 2 is 1.61 bits per heavy atom. The van der Waals surface area contributed by atoms with Crippen molar-refractivity contribution in [2.75, 3.05) is 19.6 Å². The molecule has 0 N–H and O–H groups in total. The minimum Gasteiger partial charge on any atom is -0.303 e. The van der Waals surface area contributed by atoms with E-state index in [0.717, 1.165) is 46.1 Å². The highest BCUT2D eigenvalue weighted by atomic mass is 35.5. The monoisotopic (exact) mass is 387 g/mol. The molecule has 1 fully saturated rings. The smallest absolute Gasteiger partial charge is 0.113 e. The second-order valence-corrected chi connectivity index (χ2v) is 7.46. The molecule has 0 spiro atoms. The van der Waals surface area contributed by atoms with Crippen LogP contribution < -0.4 is 0 Å². The largest absolute Gasteiger partial charge is 0.303 e. The molecule has 3 aromatic rings. The van der Waals surface area contributed by atoms with Gasteiger partial charge < -0.3 is 4.90 Å². The summed E-state index contributed by atoms with van der Waals surface area (Å²) in [5, 5.41) is 0.731. The zero-order valence-corrected chi connectivity index (χ0v) is 16.5. The van der Waals surface area contributed by atoms with Crippen LogP contribution in [0.1, 0.15) is 29.8 Å². The van der Waals surface area contributed by atoms with Crippen LogP contribution in [0, 0.1) is 11.8 Å². The lowest BCUT2D eigenvalue weighted by molar-refractivity contribution is 0.342. The van der Waals surface area contributed by atoms with Gasteiger partial charge in [0.1, 0.15) is 5.69 Å². The molecule has 140 valence electrons. The van der Waals surface area contributed by atoms with Crippen molar-refractivity contribution >= 4 is 11.6 Å². The molecule has 4 heteroatoms. The van der Waals surface area contributed by atoms with Crippen molar-refractivity contribution in [1.29, 1.82) is 0 Å². The molecule has 0 amide bonds. The van der Waals surface area contributed by atoms with Gasteiger partial charge in [-0.15, -0.1) is 0 Å². The lowest BCUT2D eigenvalue weighted by atomic mass is 10.1. The van der Waals surface area contributed by atoms with Gasteiger partial charge in [0.2, 0.25) is 0 Å². The van der Waals surface area contributed by atoms with Crippen molar-refractivity contribution in [3.05, 3.63) is 82.9 Å². The Kier molecular flexibility index (Phi) is 6.01. The summed E-state index contributed by atoms with van der Waals surface area (Å²) in [5.41, 5.74) is 4.92. The lowest BCUT2D eigenvalue weighted by Crippen LogP contribution is -2.22. The summed E-state index contributed by atoms with van der Waals surface area (Å²) in [6.07, 6.45) is 7.36. The van der Waals surface area contributed by atoms with E-state index in [9.17, 15) is 0 Å². The maximum Gasteiger partial charge on any atom is 0.113 e. The van der Waals surface area contributed by atoms with Crippen LogP contribution in [0.15, 0.2) is 60.9 Å². The molecule has 3 heterocycles. The summed E-state index contributed by atoms with van der Waals surface area (Å²) in [4.78, 5) is 11.5. The number of nitrogens with zero attached hydrogens (tertiary/aromatic N) is 3. The molecule has 0 saturated carbocycles. The average Bonchev–Trinajstić information content (AvgIpc) is 3.26. The summed E-state index contributed by atoms with van der Waals surface area (Å²) in [5.74, 6) is 6.26. The van der Waals surface area contributed by atoms with E-state index in [1.54, 1.807) is 0 Å². The number of hydrogen-bond acceptors (Lipinski definition) is 3. The molecule has 1 aliphatic rings. The molecule has 1 aromatic carbocycles. The Morgan fingerprint density at radius 1 is 0.821 bits per heavy atom. The first-order chi connectivity index (χ1) is 13.8. The molecule has 0 atom stereocenters. The normalized spacial score (nSPS) is 13.9. The zero-order valence-electron chi connectivity index (χ0n) is 15.7. The van der Waals surface area contributed by atoms with Gasteiger partial charge in [0.25, 0.3) is 0 Å². The quantitative estimate of drug-likeness (QED) is 0.600. The van der Waals surface area contributed by atoms with Crippen LogP contribution in [0.4, 0.5) is 0 Å². The molecular weight excluding hydrogens is 366 g/mol. The topological polar surface area (TPSA) is 29.0 Å². The summed E-state index contributed by atoms with van der Waals surface area (Å²) < 4.78 is 0. The first kappa shape index (κ1) is 18.7. The molecule has 0 radical (unpaired) electrons. The summed E-state index contributed by atoms with van der Waals surface area (Å²) in [7, 11) is 0. The summed E-state index contributed by atoms with van der Waals surface area (Å²) in [6.45, 7) is 3.56. The van der Waals surface area contributed by atoms with Gasteiger partial charge in [-0.25, -0.2) is 4.98 Å². The van der Waals surface area contributed by atoms with Gasteiger partial charge in [-0.1, -0.05) is 35.7 Å². The van der Waals surface area contributed by atoms with Crippen LogP contribution in [-0.2, 0) is 6.42 Å². The van der Waals surface area contributed by atoms with Crippen LogP contribution >= 0.6 is 11.6 Å². The van der Waals surface area contributed by atoms with Crippen LogP contribution in [-0.4, -0.2) is 34.5 Å². The summed E-state index contributed by atoms with van der Waals surface area (Å²) >= 11 is 5.94. The SMILES string of the molecule is Clc1ccc(-c2ccc(C#Cc3ccc(CCN4CCCC4)nc3)nc2)cc1. The van der Waals surface area contributed by atoms with E-state index >= 15 is 0 Å². The van der Waals surface area contributed by atoms with Crippen molar-refractivity contribution in [3.63, 3.8) is 0 Å². The van der Waals surface area contributed by atoms with E-state index in [2.05, 4.69) is 32.8 Å². The highest BCUT2D eigenvalue weighted by molar-refractivity contribution is 6.30. The lowest BCUT2D eigenvalue weighted by Gasteiger charge is -2.13. The second kappa shape index (κ2) is 9.01. The van der Waals surface area contributed by atoms with Crippen molar-refractivity contribution in [2.24, 2.45) is 0 Å². The van der Waals surface area contributed by atoms with Crippen LogP contribution in [0.5, 0.6) is 0 Å². The standard InChI is InChI=1S/C24H22ClN3/c25-22-8-5-20(6-9-22)21-7-12-23(27-18-21)10-3-19-4-11-24(26-17-19)13-16-28-14-1-2-15-28/h4-9,11-12,17-18H,1-2,13-16H2. The Labute approximate surface area is 171 Å². The minimum atomic E-state index is 0.731. The Bertz CT molecular complexity index is 962. The van der Waals surface area contributed by atoms with Crippen molar-refractivity contribution in [2.45, 2.75) is 19.3 Å². The van der Waals surface area contributed by atoms with E-state index < -0.39 is 0 Å². The predicted octanol–water partition coefficient (Wildman–Crippen LogP) is 4.84. The third kappa shape index (κ3) is 4.98. The van der Waals surface area contributed by atoms with Gasteiger partial charge in [-0.05, 0) is 67.7 Å². The third-order valence-corrected chi connectivity index (χ3v) is 5.24. The van der Waals surface area contributed by atoms with Gasteiger partial charge in [0.05, 0.1) is 0 Å². The van der Waals surface area contributed by atoms with Crippen molar-refractivity contribution < 1.29 is 0 Å². The van der Waals surface area contributed by atoms with Gasteiger partial charge in [0.15, 0.2) is 0 Å². The van der Waals surface area contributed by atoms with E-state index in [0.29, 0.717) is 0 Å². The fourth-order valence-electron chi connectivity index (χ4n) is 3.34. The van der Waals surface area contributed by atoms with Crippen LogP contribution in [0.2, 0.25) is 5.02 Å². The van der Waals surface area contributed by atoms with Gasteiger partial charge in [0, 0.05) is 47.2 Å². The second-order valence-electron chi connectivity index (χ2n) is 7.03. The number of aromatic nitrogens is 2. The number of hydrogen-bond donors (Lipinski definition) is 0. The molecule has 4 rings (SSSR count). The van der Waals surface area contributed by atoms with Crippen LogP contribution in [0.3, 0.4) is 0 Å². The molecule has 0 bridgehead atoms. The first-order valence-corrected chi connectivity index (χ1v) is 10.1. The molecule has 28 heavy (non-hydrogen) atoms. The fraction of sp³-hybridized carbons (Fsp3) is 0.250. The third-order valence-electron chi connectivity index (χ3n) is 4.98. The molecule has 0 unspecified atom stereocenters. The highest BCUT2D eigenvalue weighted by Crippen LogP contribution is 2.20. The number of benzene rings is 1. The van der Waals surface area contributed by atoms with E-state index in [4.69, 9.17) is 11.6 Å². The summed E-state index contributed by atoms with van der Waals surface area (Å²) in [6, 6.07) is 15.8. The maximum absolute atomic E-state index is 5.94. The molecule has 1 saturated heterocycles. The number of pyridine rings is 2. The molecule has 0 aliphatic carbocycles. The molecular formula is C24H22ClN3. The fourth-order valence-corrected chi connectivity index (χ4v) is 3.47. The van der Waals surface area contributed by atoms with Crippen molar-refractivity contribution in [1.82, 2.24) is 14.9 Å². The van der Waals surface area contributed by atoms with Crippen molar-refractivity contribution in [3.8, 4) is 23.0 Å². The Morgan fingerprint density at radius 3 is 2.29 bits per heavy atom. The van der Waals surface area contributed by atoms with Crippen LogP contribution in [0.25, 0.3) is 11.1 Å². The van der Waals surface area contributed by atoms with E-state index in [1.807, 2.05) is 54.9 Å². The Hall–Kier alpha value is -2.67. The molecule has 1 aliphatic heterocycles. The van der Waals surface area contributed by atoms with Gasteiger partial charge in [-0.3, -0.25) is 4.98 Å². The first-order valence-electron chi connectivity index (χ1n) is 9.67. The molecule has 2 aromatic heterocycles.